The van der Waals surface area contributed by atoms with E-state index in [0.29, 0.717) is 17.9 Å². The first-order chi connectivity index (χ1) is 10.1. The van der Waals surface area contributed by atoms with E-state index in [0.717, 1.165) is 29.0 Å². The van der Waals surface area contributed by atoms with Gasteiger partial charge in [0, 0.05) is 22.1 Å². The zero-order chi connectivity index (χ0) is 15.0. The van der Waals surface area contributed by atoms with Crippen molar-refractivity contribution in [2.75, 3.05) is 0 Å². The molecule has 1 aliphatic rings. The van der Waals surface area contributed by atoms with Crippen molar-refractivity contribution in [3.8, 4) is 11.3 Å². The third-order valence-electron chi connectivity index (χ3n) is 4.22. The minimum absolute atomic E-state index is 0.0974. The summed E-state index contributed by atoms with van der Waals surface area (Å²) in [7, 11) is 0. The van der Waals surface area contributed by atoms with Crippen LogP contribution in [-0.4, -0.2) is 16.2 Å². The molecular formula is C16H16ClNO3. The van der Waals surface area contributed by atoms with E-state index in [9.17, 15) is 9.90 Å². The van der Waals surface area contributed by atoms with Gasteiger partial charge in [-0.1, -0.05) is 35.8 Å². The van der Waals surface area contributed by atoms with E-state index in [2.05, 4.69) is 5.16 Å². The molecular weight excluding hydrogens is 290 g/mol. The Bertz CT molecular complexity index is 663. The fourth-order valence-electron chi connectivity index (χ4n) is 3.14. The number of halogens is 1. The maximum absolute atomic E-state index is 11.4. The zero-order valence-electron chi connectivity index (χ0n) is 11.7. The second-order valence-electron chi connectivity index (χ2n) is 5.38. The highest BCUT2D eigenvalue weighted by atomic mass is 35.5. The number of benzene rings is 1. The molecule has 1 N–H and O–H groups in total. The second-order valence-corrected chi connectivity index (χ2v) is 5.82. The number of hydrogen-bond donors (Lipinski definition) is 1. The maximum Gasteiger partial charge on any atom is 0.307 e. The molecule has 0 radical (unpaired) electrons. The highest BCUT2D eigenvalue weighted by molar-refractivity contribution is 6.30. The standard InChI is InChI=1S/C16H16ClNO3/c1-2-11-12(16(19)20)7-8-13-14(18-21-15(11)13)9-3-5-10(17)6-4-9/h3-6,11-12H,2,7-8H2,1H3,(H,19,20)/t11-,12+/m1/s1. The SMILES string of the molecule is CC[C@H]1c2onc(-c3ccc(Cl)cc3)c2CC[C@@H]1C(=O)O. The van der Waals surface area contributed by atoms with Crippen molar-refractivity contribution < 1.29 is 14.4 Å². The predicted molar refractivity (Wildman–Crippen MR) is 79.4 cm³/mol. The summed E-state index contributed by atoms with van der Waals surface area (Å²) in [6.07, 6.45) is 2.05. The van der Waals surface area contributed by atoms with Gasteiger partial charge in [0.05, 0.1) is 5.92 Å². The lowest BCUT2D eigenvalue weighted by molar-refractivity contribution is -0.143. The van der Waals surface area contributed by atoms with Crippen molar-refractivity contribution >= 4 is 17.6 Å². The Morgan fingerprint density at radius 2 is 2.14 bits per heavy atom. The van der Waals surface area contributed by atoms with Crippen LogP contribution in [0.4, 0.5) is 0 Å². The second kappa shape index (κ2) is 5.53. The summed E-state index contributed by atoms with van der Waals surface area (Å²) in [6.45, 7) is 1.99. The monoisotopic (exact) mass is 305 g/mol. The lowest BCUT2D eigenvalue weighted by Crippen LogP contribution is -2.26. The molecule has 1 heterocycles. The van der Waals surface area contributed by atoms with E-state index >= 15 is 0 Å². The van der Waals surface area contributed by atoms with Gasteiger partial charge in [0.1, 0.15) is 11.5 Å². The summed E-state index contributed by atoms with van der Waals surface area (Å²) in [5.74, 6) is -0.494. The third kappa shape index (κ3) is 2.44. The summed E-state index contributed by atoms with van der Waals surface area (Å²) in [5.41, 5.74) is 2.80. The number of rotatable bonds is 3. The number of nitrogens with zero attached hydrogens (tertiary/aromatic N) is 1. The van der Waals surface area contributed by atoms with Gasteiger partial charge in [-0.2, -0.15) is 0 Å². The van der Waals surface area contributed by atoms with E-state index < -0.39 is 5.97 Å². The molecule has 0 unspecified atom stereocenters. The molecule has 110 valence electrons. The van der Waals surface area contributed by atoms with Crippen LogP contribution in [0.1, 0.15) is 37.0 Å². The summed E-state index contributed by atoms with van der Waals surface area (Å²) < 4.78 is 5.51. The van der Waals surface area contributed by atoms with Crippen molar-refractivity contribution in [3.63, 3.8) is 0 Å². The number of carboxylic acid groups (broad SMARTS) is 1. The Labute approximate surface area is 127 Å². The molecule has 3 rings (SSSR count). The topological polar surface area (TPSA) is 63.3 Å². The van der Waals surface area contributed by atoms with Gasteiger partial charge in [0.15, 0.2) is 0 Å². The van der Waals surface area contributed by atoms with E-state index in [4.69, 9.17) is 16.1 Å². The lowest BCUT2D eigenvalue weighted by atomic mass is 9.76. The van der Waals surface area contributed by atoms with Crippen LogP contribution in [-0.2, 0) is 11.2 Å². The summed E-state index contributed by atoms with van der Waals surface area (Å²) >= 11 is 5.91. The van der Waals surface area contributed by atoms with Gasteiger partial charge < -0.3 is 9.63 Å². The first-order valence-electron chi connectivity index (χ1n) is 7.09. The minimum atomic E-state index is -0.753. The van der Waals surface area contributed by atoms with Crippen LogP contribution in [0.15, 0.2) is 28.8 Å². The normalized spacial score (nSPS) is 21.0. The Kier molecular flexibility index (Phi) is 3.72. The molecule has 21 heavy (non-hydrogen) atoms. The molecule has 1 aliphatic carbocycles. The zero-order valence-corrected chi connectivity index (χ0v) is 12.4. The highest BCUT2D eigenvalue weighted by Crippen LogP contribution is 2.42. The number of carbonyl (C=O) groups is 1. The first kappa shape index (κ1) is 14.1. The summed E-state index contributed by atoms with van der Waals surface area (Å²) in [5, 5.41) is 14.2. The lowest BCUT2D eigenvalue weighted by Gasteiger charge is -2.26. The number of aromatic nitrogens is 1. The van der Waals surface area contributed by atoms with Gasteiger partial charge in [-0.3, -0.25) is 4.79 Å². The van der Waals surface area contributed by atoms with Gasteiger partial charge >= 0.3 is 5.97 Å². The minimum Gasteiger partial charge on any atom is -0.481 e. The van der Waals surface area contributed by atoms with Gasteiger partial charge in [-0.15, -0.1) is 0 Å². The molecule has 0 saturated heterocycles. The Morgan fingerprint density at radius 1 is 1.43 bits per heavy atom. The van der Waals surface area contributed by atoms with E-state index in [1.54, 1.807) is 0 Å². The van der Waals surface area contributed by atoms with E-state index in [-0.39, 0.29) is 11.8 Å². The van der Waals surface area contributed by atoms with Crippen molar-refractivity contribution in [2.45, 2.75) is 32.1 Å². The average Bonchev–Trinajstić information content (AvgIpc) is 2.90. The largest absolute Gasteiger partial charge is 0.481 e. The number of carboxylic acids is 1. The molecule has 1 aromatic heterocycles. The summed E-state index contributed by atoms with van der Waals surface area (Å²) in [4.78, 5) is 11.4. The molecule has 2 aromatic rings. The number of hydrogen-bond acceptors (Lipinski definition) is 3. The van der Waals surface area contributed by atoms with Crippen LogP contribution in [0.25, 0.3) is 11.3 Å². The van der Waals surface area contributed by atoms with E-state index in [1.807, 2.05) is 31.2 Å². The Balaban J connectivity index is 2.02. The molecule has 5 heteroatoms. The quantitative estimate of drug-likeness (QED) is 0.926. The van der Waals surface area contributed by atoms with E-state index in [1.165, 1.54) is 0 Å². The van der Waals surface area contributed by atoms with Gasteiger partial charge in [0.25, 0.3) is 0 Å². The molecule has 1 aromatic carbocycles. The van der Waals surface area contributed by atoms with Crippen molar-refractivity contribution in [1.29, 1.82) is 0 Å². The Morgan fingerprint density at radius 3 is 2.76 bits per heavy atom. The van der Waals surface area contributed by atoms with Crippen LogP contribution in [0.2, 0.25) is 5.02 Å². The number of fused-ring (bicyclic) bond motifs is 1. The smallest absolute Gasteiger partial charge is 0.307 e. The molecule has 2 atom stereocenters. The fourth-order valence-corrected chi connectivity index (χ4v) is 3.26. The van der Waals surface area contributed by atoms with Crippen molar-refractivity contribution in [2.24, 2.45) is 5.92 Å². The Hall–Kier alpha value is -1.81. The van der Waals surface area contributed by atoms with Gasteiger partial charge in [-0.25, -0.2) is 0 Å². The molecule has 0 spiro atoms. The molecule has 0 bridgehead atoms. The van der Waals surface area contributed by atoms with Crippen LogP contribution in [0.3, 0.4) is 0 Å². The van der Waals surface area contributed by atoms with Crippen LogP contribution in [0.5, 0.6) is 0 Å². The van der Waals surface area contributed by atoms with Crippen LogP contribution < -0.4 is 0 Å². The van der Waals surface area contributed by atoms with Crippen LogP contribution >= 0.6 is 11.6 Å². The molecule has 0 fully saturated rings. The third-order valence-corrected chi connectivity index (χ3v) is 4.47. The van der Waals surface area contributed by atoms with Crippen molar-refractivity contribution in [3.05, 3.63) is 40.6 Å². The van der Waals surface area contributed by atoms with Gasteiger partial charge in [0.2, 0.25) is 0 Å². The summed E-state index contributed by atoms with van der Waals surface area (Å²) in [6, 6.07) is 7.45. The fraction of sp³-hybridized carbons (Fsp3) is 0.375. The molecule has 0 aliphatic heterocycles. The van der Waals surface area contributed by atoms with Crippen molar-refractivity contribution in [1.82, 2.24) is 5.16 Å². The molecule has 4 nitrogen and oxygen atoms in total. The highest BCUT2D eigenvalue weighted by Gasteiger charge is 2.38. The number of aliphatic carboxylic acids is 1. The first-order valence-corrected chi connectivity index (χ1v) is 7.46. The maximum atomic E-state index is 11.4. The predicted octanol–water partition coefficient (Wildman–Crippen LogP) is 4.14. The van der Waals surface area contributed by atoms with Gasteiger partial charge in [-0.05, 0) is 31.4 Å². The molecule has 0 saturated carbocycles. The average molecular weight is 306 g/mol. The molecule has 0 amide bonds. The van der Waals surface area contributed by atoms with Crippen LogP contribution in [0, 0.1) is 5.92 Å².